The number of para-hydroxylation sites is 1. The molecule has 0 aromatic heterocycles. The van der Waals surface area contributed by atoms with Gasteiger partial charge < -0.3 is 15.2 Å². The standard InChI is InChI=1S/C14H22BrNO2/c1-11(2)6-7-17-8-9-18-14-12(10-16)4-3-5-13(14)15/h3-5,11H,6-10,16H2,1-2H3. The molecule has 4 heteroatoms. The summed E-state index contributed by atoms with van der Waals surface area (Å²) in [7, 11) is 0. The van der Waals surface area contributed by atoms with E-state index in [0.717, 1.165) is 28.8 Å². The summed E-state index contributed by atoms with van der Waals surface area (Å²) < 4.78 is 12.2. The van der Waals surface area contributed by atoms with Crippen LogP contribution < -0.4 is 10.5 Å². The lowest BCUT2D eigenvalue weighted by Gasteiger charge is -2.12. The Balaban J connectivity index is 2.31. The molecule has 102 valence electrons. The molecule has 1 aromatic rings. The second kappa shape index (κ2) is 8.51. The van der Waals surface area contributed by atoms with Gasteiger partial charge in [-0.2, -0.15) is 0 Å². The molecule has 0 unspecified atom stereocenters. The lowest BCUT2D eigenvalue weighted by molar-refractivity contribution is 0.0920. The first-order valence-electron chi connectivity index (χ1n) is 6.33. The number of halogens is 1. The monoisotopic (exact) mass is 315 g/mol. The van der Waals surface area contributed by atoms with E-state index in [1.807, 2.05) is 18.2 Å². The first kappa shape index (κ1) is 15.5. The summed E-state index contributed by atoms with van der Waals surface area (Å²) >= 11 is 3.47. The first-order chi connectivity index (χ1) is 8.65. The van der Waals surface area contributed by atoms with E-state index >= 15 is 0 Å². The molecule has 0 bridgehead atoms. The average molecular weight is 316 g/mol. The van der Waals surface area contributed by atoms with E-state index in [-0.39, 0.29) is 0 Å². The van der Waals surface area contributed by atoms with E-state index in [1.54, 1.807) is 0 Å². The van der Waals surface area contributed by atoms with Crippen LogP contribution in [0, 0.1) is 5.92 Å². The number of nitrogens with two attached hydrogens (primary N) is 1. The normalized spacial score (nSPS) is 10.9. The van der Waals surface area contributed by atoms with Crippen molar-refractivity contribution in [1.29, 1.82) is 0 Å². The van der Waals surface area contributed by atoms with Crippen LogP contribution >= 0.6 is 15.9 Å². The maximum atomic E-state index is 5.71. The van der Waals surface area contributed by atoms with Crippen molar-refractivity contribution < 1.29 is 9.47 Å². The number of hydrogen-bond donors (Lipinski definition) is 1. The van der Waals surface area contributed by atoms with Crippen LogP contribution in [0.5, 0.6) is 5.75 Å². The minimum absolute atomic E-state index is 0.475. The zero-order valence-electron chi connectivity index (χ0n) is 11.1. The predicted molar refractivity (Wildman–Crippen MR) is 77.8 cm³/mol. The molecule has 0 saturated heterocycles. The Kier molecular flexibility index (Phi) is 7.32. The minimum Gasteiger partial charge on any atom is -0.490 e. The Morgan fingerprint density at radius 2 is 2.00 bits per heavy atom. The Morgan fingerprint density at radius 3 is 2.67 bits per heavy atom. The molecule has 1 aromatic carbocycles. The maximum absolute atomic E-state index is 5.71. The van der Waals surface area contributed by atoms with Crippen molar-refractivity contribution in [2.24, 2.45) is 11.7 Å². The molecule has 0 heterocycles. The van der Waals surface area contributed by atoms with E-state index in [2.05, 4.69) is 29.8 Å². The molecular formula is C14H22BrNO2. The molecule has 3 nitrogen and oxygen atoms in total. The van der Waals surface area contributed by atoms with E-state index < -0.39 is 0 Å². The quantitative estimate of drug-likeness (QED) is 0.748. The molecule has 0 aliphatic rings. The van der Waals surface area contributed by atoms with Crippen molar-refractivity contribution in [2.45, 2.75) is 26.8 Å². The average Bonchev–Trinajstić information content (AvgIpc) is 2.34. The van der Waals surface area contributed by atoms with Gasteiger partial charge in [-0.3, -0.25) is 0 Å². The van der Waals surface area contributed by atoms with E-state index in [1.165, 1.54) is 0 Å². The summed E-state index contributed by atoms with van der Waals surface area (Å²) in [5, 5.41) is 0. The first-order valence-corrected chi connectivity index (χ1v) is 7.12. The maximum Gasteiger partial charge on any atom is 0.138 e. The van der Waals surface area contributed by atoms with Gasteiger partial charge in [-0.15, -0.1) is 0 Å². The van der Waals surface area contributed by atoms with Gasteiger partial charge in [-0.05, 0) is 34.3 Å². The number of benzene rings is 1. The second-order valence-electron chi connectivity index (χ2n) is 4.58. The Morgan fingerprint density at radius 1 is 1.22 bits per heavy atom. The largest absolute Gasteiger partial charge is 0.490 e. The van der Waals surface area contributed by atoms with Crippen molar-refractivity contribution in [2.75, 3.05) is 19.8 Å². The number of ether oxygens (including phenoxy) is 2. The summed E-state index contributed by atoms with van der Waals surface area (Å²) in [6.07, 6.45) is 1.09. The molecule has 0 radical (unpaired) electrons. The van der Waals surface area contributed by atoms with Crippen LogP contribution in [0.3, 0.4) is 0 Å². The second-order valence-corrected chi connectivity index (χ2v) is 5.43. The van der Waals surface area contributed by atoms with Crippen LogP contribution in [0.1, 0.15) is 25.8 Å². The number of hydrogen-bond acceptors (Lipinski definition) is 3. The van der Waals surface area contributed by atoms with Gasteiger partial charge in [0.1, 0.15) is 12.4 Å². The molecule has 0 aliphatic carbocycles. The van der Waals surface area contributed by atoms with Crippen molar-refractivity contribution in [3.05, 3.63) is 28.2 Å². The molecule has 0 aliphatic heterocycles. The summed E-state index contributed by atoms with van der Waals surface area (Å²) in [6, 6.07) is 5.88. The van der Waals surface area contributed by atoms with Crippen molar-refractivity contribution >= 4 is 15.9 Å². The highest BCUT2D eigenvalue weighted by atomic mass is 79.9. The third-order valence-electron chi connectivity index (χ3n) is 2.58. The third kappa shape index (κ3) is 5.38. The fourth-order valence-electron chi connectivity index (χ4n) is 1.50. The highest BCUT2D eigenvalue weighted by Crippen LogP contribution is 2.28. The van der Waals surface area contributed by atoms with Crippen LogP contribution in [-0.2, 0) is 11.3 Å². The molecule has 0 fully saturated rings. The topological polar surface area (TPSA) is 44.5 Å². The van der Waals surface area contributed by atoms with Crippen molar-refractivity contribution in [1.82, 2.24) is 0 Å². The molecule has 0 atom stereocenters. The zero-order chi connectivity index (χ0) is 13.4. The lowest BCUT2D eigenvalue weighted by atomic mass is 10.1. The van der Waals surface area contributed by atoms with Crippen molar-refractivity contribution in [3.8, 4) is 5.75 Å². The highest BCUT2D eigenvalue weighted by molar-refractivity contribution is 9.10. The van der Waals surface area contributed by atoms with E-state index in [9.17, 15) is 0 Å². The molecule has 0 saturated carbocycles. The zero-order valence-corrected chi connectivity index (χ0v) is 12.7. The van der Waals surface area contributed by atoms with Gasteiger partial charge in [0.05, 0.1) is 11.1 Å². The Hall–Kier alpha value is -0.580. The van der Waals surface area contributed by atoms with Gasteiger partial charge in [-0.25, -0.2) is 0 Å². The van der Waals surface area contributed by atoms with Gasteiger partial charge in [-0.1, -0.05) is 26.0 Å². The van der Waals surface area contributed by atoms with Gasteiger partial charge in [0.2, 0.25) is 0 Å². The van der Waals surface area contributed by atoms with Crippen LogP contribution in [0.4, 0.5) is 0 Å². The van der Waals surface area contributed by atoms with Crippen LogP contribution in [0.2, 0.25) is 0 Å². The SMILES string of the molecule is CC(C)CCOCCOc1c(Br)cccc1CN. The smallest absolute Gasteiger partial charge is 0.138 e. The molecule has 2 N–H and O–H groups in total. The molecule has 0 amide bonds. The van der Waals surface area contributed by atoms with Gasteiger partial charge in [0, 0.05) is 18.7 Å². The van der Waals surface area contributed by atoms with Crippen LogP contribution in [-0.4, -0.2) is 19.8 Å². The summed E-state index contributed by atoms with van der Waals surface area (Å²) in [5.41, 5.74) is 6.68. The fourth-order valence-corrected chi connectivity index (χ4v) is 2.02. The van der Waals surface area contributed by atoms with E-state index in [0.29, 0.717) is 25.7 Å². The molecule has 0 spiro atoms. The van der Waals surface area contributed by atoms with Gasteiger partial charge in [0.25, 0.3) is 0 Å². The molecule has 1 rings (SSSR count). The Labute approximate surface area is 118 Å². The Bertz CT molecular complexity index is 356. The summed E-state index contributed by atoms with van der Waals surface area (Å²) in [5.74, 6) is 1.51. The minimum atomic E-state index is 0.475. The highest BCUT2D eigenvalue weighted by Gasteiger charge is 2.06. The fraction of sp³-hybridized carbons (Fsp3) is 0.571. The lowest BCUT2D eigenvalue weighted by Crippen LogP contribution is -2.10. The third-order valence-corrected chi connectivity index (χ3v) is 3.21. The molecule has 18 heavy (non-hydrogen) atoms. The predicted octanol–water partition coefficient (Wildman–Crippen LogP) is 3.35. The van der Waals surface area contributed by atoms with Gasteiger partial charge >= 0.3 is 0 Å². The van der Waals surface area contributed by atoms with Gasteiger partial charge in [0.15, 0.2) is 0 Å². The van der Waals surface area contributed by atoms with Crippen LogP contribution in [0.15, 0.2) is 22.7 Å². The molecular weight excluding hydrogens is 294 g/mol. The summed E-state index contributed by atoms with van der Waals surface area (Å²) in [4.78, 5) is 0. The number of rotatable bonds is 8. The summed E-state index contributed by atoms with van der Waals surface area (Å²) in [6.45, 7) is 6.80. The van der Waals surface area contributed by atoms with Crippen LogP contribution in [0.25, 0.3) is 0 Å². The van der Waals surface area contributed by atoms with Crippen molar-refractivity contribution in [3.63, 3.8) is 0 Å². The van der Waals surface area contributed by atoms with E-state index in [4.69, 9.17) is 15.2 Å².